The standard InChI is InChI=1S/C20H25FN2O/c1-15(2)24-19-9-5-17(6-10-19)20-13-22-11-12-23(20)14-16-3-7-18(21)8-4-16/h3-10,15,20,22H,11-14H2,1-2H3. The molecule has 0 amide bonds. The maximum absolute atomic E-state index is 13.1. The summed E-state index contributed by atoms with van der Waals surface area (Å²) in [6.07, 6.45) is 0.183. The Morgan fingerprint density at radius 2 is 1.83 bits per heavy atom. The van der Waals surface area contributed by atoms with Crippen molar-refractivity contribution in [3.05, 3.63) is 65.5 Å². The fourth-order valence-corrected chi connectivity index (χ4v) is 3.13. The summed E-state index contributed by atoms with van der Waals surface area (Å²) in [6.45, 7) is 7.77. The van der Waals surface area contributed by atoms with Crippen molar-refractivity contribution in [1.29, 1.82) is 0 Å². The Kier molecular flexibility index (Phi) is 5.48. The van der Waals surface area contributed by atoms with E-state index < -0.39 is 0 Å². The number of nitrogens with one attached hydrogen (secondary N) is 1. The van der Waals surface area contributed by atoms with Crippen LogP contribution in [0.25, 0.3) is 0 Å². The second-order valence-corrected chi connectivity index (χ2v) is 6.55. The average Bonchev–Trinajstić information content (AvgIpc) is 2.58. The SMILES string of the molecule is CC(C)Oc1ccc(C2CNCCN2Cc2ccc(F)cc2)cc1. The first-order chi connectivity index (χ1) is 11.6. The smallest absolute Gasteiger partial charge is 0.123 e. The summed E-state index contributed by atoms with van der Waals surface area (Å²) in [7, 11) is 0. The van der Waals surface area contributed by atoms with Crippen LogP contribution in [0, 0.1) is 5.82 Å². The topological polar surface area (TPSA) is 24.5 Å². The second-order valence-electron chi connectivity index (χ2n) is 6.55. The maximum atomic E-state index is 13.1. The lowest BCUT2D eigenvalue weighted by molar-refractivity contribution is 0.153. The van der Waals surface area contributed by atoms with Crippen LogP contribution in [0.4, 0.5) is 4.39 Å². The highest BCUT2D eigenvalue weighted by Gasteiger charge is 2.23. The van der Waals surface area contributed by atoms with E-state index in [2.05, 4.69) is 22.3 Å². The van der Waals surface area contributed by atoms with Crippen LogP contribution in [0.3, 0.4) is 0 Å². The third-order valence-corrected chi connectivity index (χ3v) is 4.29. The lowest BCUT2D eigenvalue weighted by Gasteiger charge is -2.36. The zero-order valence-electron chi connectivity index (χ0n) is 14.3. The summed E-state index contributed by atoms with van der Waals surface area (Å²) in [5, 5.41) is 3.47. The summed E-state index contributed by atoms with van der Waals surface area (Å²) in [6, 6.07) is 15.5. The van der Waals surface area contributed by atoms with Gasteiger partial charge in [0, 0.05) is 32.2 Å². The van der Waals surface area contributed by atoms with Crippen molar-refractivity contribution in [2.24, 2.45) is 0 Å². The molecule has 0 aromatic heterocycles. The van der Waals surface area contributed by atoms with Crippen molar-refractivity contribution in [2.75, 3.05) is 19.6 Å². The summed E-state index contributed by atoms with van der Waals surface area (Å²) in [5.74, 6) is 0.721. The van der Waals surface area contributed by atoms with E-state index in [1.807, 2.05) is 38.1 Å². The lowest BCUT2D eigenvalue weighted by atomic mass is 10.0. The third kappa shape index (κ3) is 4.34. The molecule has 1 aliphatic rings. The van der Waals surface area contributed by atoms with Crippen molar-refractivity contribution >= 4 is 0 Å². The van der Waals surface area contributed by atoms with E-state index in [1.165, 1.54) is 17.7 Å². The molecular formula is C20H25FN2O. The van der Waals surface area contributed by atoms with Gasteiger partial charge in [0.05, 0.1) is 6.10 Å². The van der Waals surface area contributed by atoms with Gasteiger partial charge in [0.1, 0.15) is 11.6 Å². The van der Waals surface area contributed by atoms with Crippen LogP contribution in [-0.4, -0.2) is 30.6 Å². The van der Waals surface area contributed by atoms with Gasteiger partial charge in [0.2, 0.25) is 0 Å². The first-order valence-corrected chi connectivity index (χ1v) is 8.57. The molecule has 2 aromatic carbocycles. The summed E-state index contributed by atoms with van der Waals surface area (Å²) < 4.78 is 18.8. The fourth-order valence-electron chi connectivity index (χ4n) is 3.13. The molecule has 0 bridgehead atoms. The van der Waals surface area contributed by atoms with Gasteiger partial charge in [-0.05, 0) is 49.2 Å². The number of halogens is 1. The number of piperazine rings is 1. The number of hydrogen-bond donors (Lipinski definition) is 1. The Morgan fingerprint density at radius 1 is 1.12 bits per heavy atom. The molecule has 4 heteroatoms. The lowest BCUT2D eigenvalue weighted by Crippen LogP contribution is -2.45. The Hall–Kier alpha value is -1.91. The molecule has 1 unspecified atom stereocenters. The van der Waals surface area contributed by atoms with Crippen LogP contribution in [-0.2, 0) is 6.54 Å². The van der Waals surface area contributed by atoms with Crippen molar-refractivity contribution in [1.82, 2.24) is 10.2 Å². The predicted octanol–water partition coefficient (Wildman–Crippen LogP) is 3.76. The average molecular weight is 328 g/mol. The van der Waals surface area contributed by atoms with Crippen LogP contribution in [0.5, 0.6) is 5.75 Å². The Bertz CT molecular complexity index is 640. The Labute approximate surface area is 143 Å². The van der Waals surface area contributed by atoms with Gasteiger partial charge in [-0.1, -0.05) is 24.3 Å². The Morgan fingerprint density at radius 3 is 2.50 bits per heavy atom. The molecule has 3 nitrogen and oxygen atoms in total. The molecule has 1 fully saturated rings. The monoisotopic (exact) mass is 328 g/mol. The molecule has 1 N–H and O–H groups in total. The first kappa shape index (κ1) is 16.9. The minimum Gasteiger partial charge on any atom is -0.491 e. The van der Waals surface area contributed by atoms with Crippen molar-refractivity contribution in [3.8, 4) is 5.75 Å². The van der Waals surface area contributed by atoms with Gasteiger partial charge in [-0.2, -0.15) is 0 Å². The zero-order chi connectivity index (χ0) is 16.9. The van der Waals surface area contributed by atoms with E-state index in [0.29, 0.717) is 6.04 Å². The predicted molar refractivity (Wildman–Crippen MR) is 94.6 cm³/mol. The van der Waals surface area contributed by atoms with Crippen LogP contribution in [0.1, 0.15) is 31.0 Å². The number of ether oxygens (including phenoxy) is 1. The second kappa shape index (κ2) is 7.77. The molecule has 1 heterocycles. The summed E-state index contributed by atoms with van der Waals surface area (Å²) in [4.78, 5) is 2.45. The molecule has 0 aliphatic carbocycles. The minimum atomic E-state index is -0.184. The molecular weight excluding hydrogens is 303 g/mol. The van der Waals surface area contributed by atoms with E-state index >= 15 is 0 Å². The highest BCUT2D eigenvalue weighted by Crippen LogP contribution is 2.26. The highest BCUT2D eigenvalue weighted by molar-refractivity contribution is 5.30. The number of rotatable bonds is 5. The summed E-state index contributed by atoms with van der Waals surface area (Å²) in [5.41, 5.74) is 2.42. The van der Waals surface area contributed by atoms with Crippen molar-refractivity contribution in [3.63, 3.8) is 0 Å². The van der Waals surface area contributed by atoms with Crippen LogP contribution in [0.15, 0.2) is 48.5 Å². The first-order valence-electron chi connectivity index (χ1n) is 8.57. The zero-order valence-corrected chi connectivity index (χ0v) is 14.3. The van der Waals surface area contributed by atoms with Gasteiger partial charge in [0.15, 0.2) is 0 Å². The molecule has 3 rings (SSSR count). The molecule has 1 saturated heterocycles. The molecule has 24 heavy (non-hydrogen) atoms. The maximum Gasteiger partial charge on any atom is 0.123 e. The molecule has 0 radical (unpaired) electrons. The van der Waals surface area contributed by atoms with Crippen molar-refractivity contribution < 1.29 is 9.13 Å². The summed E-state index contributed by atoms with van der Waals surface area (Å²) >= 11 is 0. The van der Waals surface area contributed by atoms with Crippen molar-refractivity contribution in [2.45, 2.75) is 32.5 Å². The van der Waals surface area contributed by atoms with Gasteiger partial charge in [-0.25, -0.2) is 4.39 Å². The van der Waals surface area contributed by atoms with Gasteiger partial charge < -0.3 is 10.1 Å². The molecule has 1 aliphatic heterocycles. The fraction of sp³-hybridized carbons (Fsp3) is 0.400. The normalized spacial score (nSPS) is 18.8. The number of hydrogen-bond acceptors (Lipinski definition) is 3. The van der Waals surface area contributed by atoms with Gasteiger partial charge in [-0.3, -0.25) is 4.90 Å². The van der Waals surface area contributed by atoms with E-state index in [9.17, 15) is 4.39 Å². The van der Waals surface area contributed by atoms with Gasteiger partial charge >= 0.3 is 0 Å². The van der Waals surface area contributed by atoms with E-state index in [1.54, 1.807) is 0 Å². The van der Waals surface area contributed by atoms with Crippen LogP contribution >= 0.6 is 0 Å². The van der Waals surface area contributed by atoms with E-state index in [4.69, 9.17) is 4.74 Å². The van der Waals surface area contributed by atoms with Crippen LogP contribution < -0.4 is 10.1 Å². The number of benzene rings is 2. The molecule has 1 atom stereocenters. The van der Waals surface area contributed by atoms with E-state index in [-0.39, 0.29) is 11.9 Å². The van der Waals surface area contributed by atoms with E-state index in [0.717, 1.165) is 37.5 Å². The van der Waals surface area contributed by atoms with Gasteiger partial charge in [0.25, 0.3) is 0 Å². The third-order valence-electron chi connectivity index (χ3n) is 4.29. The molecule has 128 valence electrons. The largest absolute Gasteiger partial charge is 0.491 e. The van der Waals surface area contributed by atoms with Gasteiger partial charge in [-0.15, -0.1) is 0 Å². The Balaban J connectivity index is 1.72. The minimum absolute atomic E-state index is 0.183. The van der Waals surface area contributed by atoms with Crippen LogP contribution in [0.2, 0.25) is 0 Å². The quantitative estimate of drug-likeness (QED) is 0.904. The molecule has 0 saturated carbocycles. The highest BCUT2D eigenvalue weighted by atomic mass is 19.1. The molecule has 2 aromatic rings. The molecule has 0 spiro atoms. The number of nitrogens with zero attached hydrogens (tertiary/aromatic N) is 1.